The minimum Gasteiger partial charge on any atom is -0.481 e. The zero-order valence-electron chi connectivity index (χ0n) is 22.8. The van der Waals surface area contributed by atoms with Crippen molar-refractivity contribution >= 4 is 35.1 Å². The van der Waals surface area contributed by atoms with Gasteiger partial charge in [-0.25, -0.2) is 4.89 Å². The van der Waals surface area contributed by atoms with E-state index in [1.807, 2.05) is 0 Å². The summed E-state index contributed by atoms with van der Waals surface area (Å²) in [5.41, 5.74) is 3.30. The number of carboxylic acid groups (broad SMARTS) is 2. The predicted molar refractivity (Wildman–Crippen MR) is 148 cm³/mol. The van der Waals surface area contributed by atoms with Gasteiger partial charge in [-0.3, -0.25) is 34.0 Å². The summed E-state index contributed by atoms with van der Waals surface area (Å²) in [6.45, 7) is 3.51. The number of unbranched alkanes of at least 4 members (excludes halogenated alkanes) is 1. The van der Waals surface area contributed by atoms with Crippen molar-refractivity contribution in [2.45, 2.75) is 52.4 Å². The molecule has 0 saturated carbocycles. The number of carboxylic acids is 2. The first-order valence-electron chi connectivity index (χ1n) is 12.9. The fourth-order valence-electron chi connectivity index (χ4n) is 4.16. The molecule has 41 heavy (non-hydrogen) atoms. The average Bonchev–Trinajstić information content (AvgIpc) is 2.95. The Bertz CT molecular complexity index is 1400. The Balaban J connectivity index is 0.000000232. The number of fused-ring (bicyclic) bond motifs is 2. The van der Waals surface area contributed by atoms with E-state index in [9.17, 15) is 28.8 Å². The SMILES string of the molecule is CC1=C(CCCC(=O)O)C(=O)c2ccccc2C1=O.CC1=CC(=O)c2ccccc2C1=O.O=C(O)CCCCOO. The Morgan fingerprint density at radius 3 is 1.71 bits per heavy atom. The molecule has 0 aliphatic heterocycles. The van der Waals surface area contributed by atoms with Crippen molar-refractivity contribution in [3.05, 3.63) is 93.6 Å². The van der Waals surface area contributed by atoms with Crippen LogP contribution in [0.1, 0.15) is 93.8 Å². The maximum absolute atomic E-state index is 12.3. The average molecular weight is 565 g/mol. The molecule has 0 unspecified atom stereocenters. The molecule has 0 saturated heterocycles. The van der Waals surface area contributed by atoms with Crippen molar-refractivity contribution < 1.29 is 49.1 Å². The lowest BCUT2D eigenvalue weighted by atomic mass is 9.83. The van der Waals surface area contributed by atoms with E-state index < -0.39 is 11.9 Å². The van der Waals surface area contributed by atoms with Crippen LogP contribution in [0, 0.1) is 0 Å². The third kappa shape index (κ3) is 9.26. The number of aliphatic carboxylic acids is 2. The van der Waals surface area contributed by atoms with Crippen LogP contribution in [0.3, 0.4) is 0 Å². The highest BCUT2D eigenvalue weighted by Crippen LogP contribution is 2.28. The summed E-state index contributed by atoms with van der Waals surface area (Å²) in [7, 11) is 0. The van der Waals surface area contributed by atoms with Crippen molar-refractivity contribution in [2.75, 3.05) is 6.61 Å². The molecule has 216 valence electrons. The highest BCUT2D eigenvalue weighted by molar-refractivity contribution is 6.26. The van der Waals surface area contributed by atoms with Crippen molar-refractivity contribution in [3.8, 4) is 0 Å². The van der Waals surface area contributed by atoms with Crippen molar-refractivity contribution in [2.24, 2.45) is 0 Å². The van der Waals surface area contributed by atoms with Crippen molar-refractivity contribution in [1.29, 1.82) is 0 Å². The Morgan fingerprint density at radius 2 is 1.17 bits per heavy atom. The standard InChI is InChI=1S/C15H14O4.C11H8O2.C5H10O4/c1-9-10(7-4-8-13(16)17)15(19)12-6-3-2-5-11(12)14(9)18;1-7-6-10(12)8-4-2-3-5-9(8)11(7)13;6-5(7)3-1-2-4-9-8/h2-3,5-6H,4,7-8H2,1H3,(H,16,17);2-6H,1H3;8H,1-4H2,(H,6,7). The summed E-state index contributed by atoms with van der Waals surface area (Å²) in [6.07, 6.45) is 3.37. The number of carbonyl (C=O) groups excluding carboxylic acids is 4. The summed E-state index contributed by atoms with van der Waals surface area (Å²) in [5, 5.41) is 24.5. The van der Waals surface area contributed by atoms with Crippen LogP contribution < -0.4 is 0 Å². The summed E-state index contributed by atoms with van der Waals surface area (Å²) in [6, 6.07) is 13.6. The molecule has 2 aromatic rings. The first kappa shape index (κ1) is 32.7. The molecule has 10 nitrogen and oxygen atoms in total. The Hall–Kier alpha value is -4.54. The van der Waals surface area contributed by atoms with E-state index >= 15 is 0 Å². The maximum Gasteiger partial charge on any atom is 0.303 e. The normalized spacial score (nSPS) is 13.7. The van der Waals surface area contributed by atoms with Gasteiger partial charge in [-0.15, -0.1) is 0 Å². The Morgan fingerprint density at radius 1 is 0.683 bits per heavy atom. The summed E-state index contributed by atoms with van der Waals surface area (Å²) in [4.78, 5) is 71.5. The molecule has 0 atom stereocenters. The van der Waals surface area contributed by atoms with E-state index in [4.69, 9.17) is 15.5 Å². The van der Waals surface area contributed by atoms with Gasteiger partial charge in [0.05, 0.1) is 6.61 Å². The van der Waals surface area contributed by atoms with Gasteiger partial charge in [-0.1, -0.05) is 48.5 Å². The molecule has 0 radical (unpaired) electrons. The summed E-state index contributed by atoms with van der Waals surface area (Å²) >= 11 is 0. The highest BCUT2D eigenvalue weighted by atomic mass is 17.1. The molecule has 0 heterocycles. The zero-order chi connectivity index (χ0) is 30.5. The van der Waals surface area contributed by atoms with Crippen LogP contribution in [0.5, 0.6) is 0 Å². The van der Waals surface area contributed by atoms with Gasteiger partial charge in [0.25, 0.3) is 0 Å². The minimum absolute atomic E-state index is 0.000102. The maximum atomic E-state index is 12.3. The van der Waals surface area contributed by atoms with Crippen LogP contribution in [0.25, 0.3) is 0 Å². The molecule has 10 heteroatoms. The number of benzene rings is 2. The number of hydrogen-bond acceptors (Lipinski definition) is 8. The van der Waals surface area contributed by atoms with Gasteiger partial charge < -0.3 is 10.2 Å². The largest absolute Gasteiger partial charge is 0.481 e. The molecular formula is C31H32O10. The lowest BCUT2D eigenvalue weighted by Crippen LogP contribution is -2.21. The predicted octanol–water partition coefficient (Wildman–Crippen LogP) is 5.38. The number of Topliss-reactive ketones (excluding diaryl/α,β-unsaturated/α-hetero) is 3. The smallest absolute Gasteiger partial charge is 0.303 e. The second-order valence-electron chi connectivity index (χ2n) is 9.31. The Kier molecular flexibility index (Phi) is 12.7. The molecule has 3 N–H and O–H groups in total. The zero-order valence-corrected chi connectivity index (χ0v) is 22.8. The quantitative estimate of drug-likeness (QED) is 0.204. The van der Waals surface area contributed by atoms with E-state index in [1.54, 1.807) is 62.4 Å². The third-order valence-electron chi connectivity index (χ3n) is 6.32. The van der Waals surface area contributed by atoms with Gasteiger partial charge in [-0.2, -0.15) is 0 Å². The number of hydrogen-bond donors (Lipinski definition) is 3. The molecular weight excluding hydrogens is 532 g/mol. The third-order valence-corrected chi connectivity index (χ3v) is 6.32. The van der Waals surface area contributed by atoms with Crippen LogP contribution in [-0.2, 0) is 14.5 Å². The topological polar surface area (TPSA) is 172 Å². The van der Waals surface area contributed by atoms with Gasteiger partial charge in [0.15, 0.2) is 23.1 Å². The highest BCUT2D eigenvalue weighted by Gasteiger charge is 2.29. The molecule has 4 rings (SSSR count). The summed E-state index contributed by atoms with van der Waals surface area (Å²) in [5.74, 6) is -2.12. The lowest BCUT2D eigenvalue weighted by molar-refractivity contribution is -0.242. The molecule has 2 aliphatic carbocycles. The number of ketones is 4. The first-order chi connectivity index (χ1) is 19.5. The van der Waals surface area contributed by atoms with E-state index in [0.29, 0.717) is 64.7 Å². The van der Waals surface area contributed by atoms with Crippen LogP contribution in [0.15, 0.2) is 71.3 Å². The fraction of sp³-hybridized carbons (Fsp3) is 0.290. The molecule has 0 aromatic heterocycles. The molecule has 2 aliphatic rings. The minimum atomic E-state index is -0.895. The van der Waals surface area contributed by atoms with Crippen LogP contribution >= 0.6 is 0 Å². The van der Waals surface area contributed by atoms with Crippen LogP contribution in [0.4, 0.5) is 0 Å². The molecule has 2 aromatic carbocycles. The van der Waals surface area contributed by atoms with Crippen molar-refractivity contribution in [1.82, 2.24) is 0 Å². The van der Waals surface area contributed by atoms with E-state index in [1.165, 1.54) is 6.08 Å². The van der Waals surface area contributed by atoms with Crippen LogP contribution in [0.2, 0.25) is 0 Å². The second kappa shape index (κ2) is 15.9. The number of rotatable bonds is 9. The molecule has 0 amide bonds. The van der Waals surface area contributed by atoms with Gasteiger partial charge in [0.2, 0.25) is 0 Å². The number of allylic oxidation sites excluding steroid dienone is 4. The van der Waals surface area contributed by atoms with E-state index in [-0.39, 0.29) is 42.6 Å². The molecule has 0 fully saturated rings. The molecule has 0 bridgehead atoms. The van der Waals surface area contributed by atoms with Gasteiger partial charge in [0.1, 0.15) is 0 Å². The summed E-state index contributed by atoms with van der Waals surface area (Å²) < 4.78 is 0. The monoisotopic (exact) mass is 564 g/mol. The van der Waals surface area contributed by atoms with Gasteiger partial charge >= 0.3 is 11.9 Å². The van der Waals surface area contributed by atoms with Gasteiger partial charge in [-0.05, 0) is 45.6 Å². The second-order valence-corrected chi connectivity index (χ2v) is 9.31. The molecule has 0 spiro atoms. The van der Waals surface area contributed by atoms with Crippen LogP contribution in [-0.4, -0.2) is 57.1 Å². The van der Waals surface area contributed by atoms with Gasteiger partial charge in [0, 0.05) is 51.8 Å². The fourth-order valence-corrected chi connectivity index (χ4v) is 4.16. The Labute approximate surface area is 236 Å². The van der Waals surface area contributed by atoms with E-state index in [0.717, 1.165) is 0 Å². The first-order valence-corrected chi connectivity index (χ1v) is 12.9. The van der Waals surface area contributed by atoms with E-state index in [2.05, 4.69) is 4.89 Å². The van der Waals surface area contributed by atoms with Crippen molar-refractivity contribution in [3.63, 3.8) is 0 Å². The lowest BCUT2D eigenvalue weighted by Gasteiger charge is -2.18. The number of carbonyl (C=O) groups is 6.